The second-order valence-electron chi connectivity index (χ2n) is 4.28. The van der Waals surface area contributed by atoms with Crippen LogP contribution in [0.2, 0.25) is 0 Å². The van der Waals surface area contributed by atoms with Gasteiger partial charge in [0.1, 0.15) is 0 Å². The number of ether oxygens (including phenoxy) is 1. The molecule has 0 rings (SSSR count). The van der Waals surface area contributed by atoms with E-state index in [-0.39, 0.29) is 6.10 Å². The second-order valence-corrected chi connectivity index (χ2v) is 6.31. The highest BCUT2D eigenvalue weighted by atomic mass is 31.2. The SMILES string of the molecule is CCOP(=O)(OCC)/C(C=C(C)C)=C\OC(C)C. The maximum absolute atomic E-state index is 12.6. The standard InChI is InChI=1S/C13H25O4P/c1-7-16-18(14,17-8-2)13(9-11(3)4)10-15-12(5)6/h9-10,12H,7-8H2,1-6H3/b13-10-. The van der Waals surface area contributed by atoms with Gasteiger partial charge in [0.25, 0.3) is 0 Å². The van der Waals surface area contributed by atoms with Crippen LogP contribution >= 0.6 is 7.60 Å². The lowest BCUT2D eigenvalue weighted by atomic mass is 10.3. The average Bonchev–Trinajstić information content (AvgIpc) is 2.24. The molecule has 0 heterocycles. The molecule has 0 aromatic rings. The third-order valence-electron chi connectivity index (χ3n) is 1.81. The Kier molecular flexibility index (Phi) is 8.25. The summed E-state index contributed by atoms with van der Waals surface area (Å²) in [6, 6.07) is 0. The second kappa shape index (κ2) is 8.52. The molecule has 0 fully saturated rings. The van der Waals surface area contributed by atoms with Crippen molar-refractivity contribution in [2.24, 2.45) is 0 Å². The number of allylic oxidation sites excluding steroid dienone is 3. The summed E-state index contributed by atoms with van der Waals surface area (Å²) in [4.78, 5) is 0. The third kappa shape index (κ3) is 6.39. The van der Waals surface area contributed by atoms with Crippen molar-refractivity contribution in [2.75, 3.05) is 13.2 Å². The van der Waals surface area contributed by atoms with Crippen LogP contribution in [0.25, 0.3) is 0 Å². The number of hydrogen-bond donors (Lipinski definition) is 0. The van der Waals surface area contributed by atoms with Crippen LogP contribution in [0.5, 0.6) is 0 Å². The zero-order chi connectivity index (χ0) is 14.2. The summed E-state index contributed by atoms with van der Waals surface area (Å²) in [5.74, 6) is 0. The Hall–Kier alpha value is -0.570. The Morgan fingerprint density at radius 2 is 1.67 bits per heavy atom. The first-order chi connectivity index (χ1) is 8.35. The zero-order valence-electron chi connectivity index (χ0n) is 12.2. The van der Waals surface area contributed by atoms with E-state index in [1.54, 1.807) is 19.9 Å². The summed E-state index contributed by atoms with van der Waals surface area (Å²) in [7, 11) is -3.28. The Morgan fingerprint density at radius 1 is 1.17 bits per heavy atom. The van der Waals surface area contributed by atoms with Crippen LogP contribution in [0.15, 0.2) is 23.2 Å². The fourth-order valence-electron chi connectivity index (χ4n) is 1.21. The van der Waals surface area contributed by atoms with Crippen molar-refractivity contribution in [3.8, 4) is 0 Å². The van der Waals surface area contributed by atoms with Crippen molar-refractivity contribution in [3.63, 3.8) is 0 Å². The minimum Gasteiger partial charge on any atom is -0.498 e. The molecule has 106 valence electrons. The fourth-order valence-corrected chi connectivity index (χ4v) is 2.86. The summed E-state index contributed by atoms with van der Waals surface area (Å²) in [6.45, 7) is 11.9. The van der Waals surface area contributed by atoms with E-state index < -0.39 is 7.60 Å². The molecular weight excluding hydrogens is 251 g/mol. The Bertz CT molecular complexity index is 331. The lowest BCUT2D eigenvalue weighted by Crippen LogP contribution is -2.01. The van der Waals surface area contributed by atoms with Crippen molar-refractivity contribution in [3.05, 3.63) is 23.2 Å². The molecule has 0 bridgehead atoms. The fraction of sp³-hybridized carbons (Fsp3) is 0.692. The van der Waals surface area contributed by atoms with E-state index in [0.717, 1.165) is 5.57 Å². The molecule has 0 unspecified atom stereocenters. The molecule has 0 saturated carbocycles. The van der Waals surface area contributed by atoms with Crippen molar-refractivity contribution >= 4 is 7.60 Å². The van der Waals surface area contributed by atoms with Crippen LogP contribution < -0.4 is 0 Å². The van der Waals surface area contributed by atoms with Crippen molar-refractivity contribution < 1.29 is 18.3 Å². The van der Waals surface area contributed by atoms with Gasteiger partial charge in [0, 0.05) is 0 Å². The maximum Gasteiger partial charge on any atom is 0.364 e. The highest BCUT2D eigenvalue weighted by molar-refractivity contribution is 7.58. The summed E-state index contributed by atoms with van der Waals surface area (Å²) in [6.07, 6.45) is 3.26. The molecule has 0 aliphatic heterocycles. The summed E-state index contributed by atoms with van der Waals surface area (Å²) < 4.78 is 28.6. The molecule has 0 aromatic heterocycles. The highest BCUT2D eigenvalue weighted by Crippen LogP contribution is 2.56. The van der Waals surface area contributed by atoms with Crippen LogP contribution in [0.1, 0.15) is 41.5 Å². The molecule has 0 aliphatic carbocycles. The smallest absolute Gasteiger partial charge is 0.364 e. The van der Waals surface area contributed by atoms with Crippen LogP contribution in [0, 0.1) is 0 Å². The summed E-state index contributed by atoms with van der Waals surface area (Å²) >= 11 is 0. The number of rotatable bonds is 8. The van der Waals surface area contributed by atoms with E-state index in [4.69, 9.17) is 13.8 Å². The molecule has 5 heteroatoms. The van der Waals surface area contributed by atoms with E-state index in [1.165, 1.54) is 6.26 Å². The predicted molar refractivity (Wildman–Crippen MR) is 74.6 cm³/mol. The van der Waals surface area contributed by atoms with Gasteiger partial charge in [-0.2, -0.15) is 0 Å². The minimum atomic E-state index is -3.28. The zero-order valence-corrected chi connectivity index (χ0v) is 13.1. The molecule has 0 amide bonds. The molecule has 0 atom stereocenters. The van der Waals surface area contributed by atoms with E-state index in [0.29, 0.717) is 18.5 Å². The van der Waals surface area contributed by atoms with Crippen LogP contribution in [-0.4, -0.2) is 19.3 Å². The average molecular weight is 276 g/mol. The quantitative estimate of drug-likeness (QED) is 0.372. The third-order valence-corrected chi connectivity index (χ3v) is 3.88. The van der Waals surface area contributed by atoms with E-state index in [2.05, 4.69) is 0 Å². The monoisotopic (exact) mass is 276 g/mol. The Balaban J connectivity index is 5.30. The van der Waals surface area contributed by atoms with E-state index in [1.807, 2.05) is 27.7 Å². The normalized spacial score (nSPS) is 12.7. The first kappa shape index (κ1) is 17.4. The van der Waals surface area contributed by atoms with Crippen molar-refractivity contribution in [1.29, 1.82) is 0 Å². The molecular formula is C13H25O4P. The molecule has 0 aromatic carbocycles. The van der Waals surface area contributed by atoms with Gasteiger partial charge in [0.15, 0.2) is 0 Å². The van der Waals surface area contributed by atoms with E-state index >= 15 is 0 Å². The molecule has 0 radical (unpaired) electrons. The molecule has 0 saturated heterocycles. The predicted octanol–water partition coefficient (Wildman–Crippen LogP) is 4.49. The van der Waals surface area contributed by atoms with Gasteiger partial charge in [-0.25, -0.2) is 0 Å². The Labute approximate surface area is 111 Å². The van der Waals surface area contributed by atoms with Gasteiger partial charge in [-0.05, 0) is 47.6 Å². The molecule has 4 nitrogen and oxygen atoms in total. The minimum absolute atomic E-state index is 0.0160. The summed E-state index contributed by atoms with van der Waals surface area (Å²) in [5, 5.41) is 0.458. The van der Waals surface area contributed by atoms with E-state index in [9.17, 15) is 4.57 Å². The van der Waals surface area contributed by atoms with Gasteiger partial charge in [-0.1, -0.05) is 5.57 Å². The van der Waals surface area contributed by atoms with Crippen LogP contribution in [0.4, 0.5) is 0 Å². The largest absolute Gasteiger partial charge is 0.498 e. The maximum atomic E-state index is 12.6. The van der Waals surface area contributed by atoms with Gasteiger partial charge < -0.3 is 13.8 Å². The van der Waals surface area contributed by atoms with Crippen molar-refractivity contribution in [1.82, 2.24) is 0 Å². The Morgan fingerprint density at radius 3 is 2.00 bits per heavy atom. The van der Waals surface area contributed by atoms with Crippen LogP contribution in [-0.2, 0) is 18.3 Å². The lowest BCUT2D eigenvalue weighted by Gasteiger charge is -2.18. The number of hydrogen-bond acceptors (Lipinski definition) is 4. The highest BCUT2D eigenvalue weighted by Gasteiger charge is 2.28. The van der Waals surface area contributed by atoms with Gasteiger partial charge in [-0.3, -0.25) is 4.57 Å². The topological polar surface area (TPSA) is 44.8 Å². The van der Waals surface area contributed by atoms with Gasteiger partial charge in [0.2, 0.25) is 0 Å². The molecule has 0 aliphatic rings. The first-order valence-corrected chi connectivity index (χ1v) is 7.80. The van der Waals surface area contributed by atoms with Crippen LogP contribution in [0.3, 0.4) is 0 Å². The lowest BCUT2D eigenvalue weighted by molar-refractivity contribution is 0.176. The molecule has 0 spiro atoms. The van der Waals surface area contributed by atoms with Gasteiger partial charge in [0.05, 0.1) is 30.9 Å². The summed E-state index contributed by atoms with van der Waals surface area (Å²) in [5.41, 5.74) is 1.01. The van der Waals surface area contributed by atoms with Crippen molar-refractivity contribution in [2.45, 2.75) is 47.6 Å². The molecule has 18 heavy (non-hydrogen) atoms. The first-order valence-electron chi connectivity index (χ1n) is 6.26. The van der Waals surface area contributed by atoms with Gasteiger partial charge >= 0.3 is 7.60 Å². The molecule has 0 N–H and O–H groups in total. The van der Waals surface area contributed by atoms with Gasteiger partial charge in [-0.15, -0.1) is 0 Å².